The van der Waals surface area contributed by atoms with Crippen LogP contribution in [0.1, 0.15) is 6.92 Å². The quantitative estimate of drug-likeness (QED) is 0.667. The molecular formula is C8H12O4. The van der Waals surface area contributed by atoms with Crippen LogP contribution in [-0.2, 0) is 14.2 Å². The minimum atomic E-state index is -0.946. The molecule has 1 aliphatic rings. The Morgan fingerprint density at radius 1 is 1.42 bits per heavy atom. The van der Waals surface area contributed by atoms with E-state index in [-0.39, 0.29) is 5.95 Å². The summed E-state index contributed by atoms with van der Waals surface area (Å²) in [5, 5.41) is 9.13. The van der Waals surface area contributed by atoms with E-state index in [0.717, 1.165) is 5.57 Å². The van der Waals surface area contributed by atoms with Crippen LogP contribution in [0, 0.1) is 0 Å². The van der Waals surface area contributed by atoms with Gasteiger partial charge in [-0.2, -0.15) is 0 Å². The van der Waals surface area contributed by atoms with Crippen molar-refractivity contribution < 1.29 is 19.3 Å². The fourth-order valence-electron chi connectivity index (χ4n) is 1.03. The third kappa shape index (κ3) is 1.53. The van der Waals surface area contributed by atoms with Crippen molar-refractivity contribution in [3.8, 4) is 0 Å². The Kier molecular flexibility index (Phi) is 2.60. The maximum atomic E-state index is 9.13. The van der Waals surface area contributed by atoms with Gasteiger partial charge in [0.2, 0.25) is 12.0 Å². The molecule has 12 heavy (non-hydrogen) atoms. The topological polar surface area (TPSA) is 47.9 Å². The number of ether oxygens (including phenoxy) is 3. The lowest BCUT2D eigenvalue weighted by atomic mass is 10.2. The van der Waals surface area contributed by atoms with E-state index in [1.807, 2.05) is 6.92 Å². The largest absolute Gasteiger partial charge is 0.490 e. The minimum Gasteiger partial charge on any atom is -0.490 e. The van der Waals surface area contributed by atoms with Crippen molar-refractivity contribution in [2.45, 2.75) is 13.2 Å². The molecule has 0 aromatic carbocycles. The van der Waals surface area contributed by atoms with Crippen LogP contribution in [0.3, 0.4) is 0 Å². The predicted molar refractivity (Wildman–Crippen MR) is 41.9 cm³/mol. The van der Waals surface area contributed by atoms with E-state index in [2.05, 4.69) is 0 Å². The van der Waals surface area contributed by atoms with Crippen molar-refractivity contribution in [1.82, 2.24) is 0 Å². The minimum absolute atomic E-state index is 0.213. The van der Waals surface area contributed by atoms with Crippen LogP contribution in [-0.4, -0.2) is 25.6 Å². The number of aliphatic hydroxyl groups is 1. The molecule has 0 amide bonds. The van der Waals surface area contributed by atoms with Crippen LogP contribution in [0.15, 0.2) is 23.4 Å². The zero-order chi connectivity index (χ0) is 9.14. The molecule has 1 aliphatic heterocycles. The number of methoxy groups -OCH3 is 2. The van der Waals surface area contributed by atoms with Crippen LogP contribution >= 0.6 is 0 Å². The molecule has 1 heterocycles. The molecule has 1 rings (SSSR count). The molecule has 4 heteroatoms. The summed E-state index contributed by atoms with van der Waals surface area (Å²) >= 11 is 0. The summed E-state index contributed by atoms with van der Waals surface area (Å²) in [6, 6.07) is 0. The van der Waals surface area contributed by atoms with E-state index in [9.17, 15) is 0 Å². The number of hydrogen-bond donors (Lipinski definition) is 1. The zero-order valence-corrected chi connectivity index (χ0v) is 7.33. The lowest BCUT2D eigenvalue weighted by molar-refractivity contribution is -0.0896. The Hall–Kier alpha value is -1.16. The molecule has 1 atom stereocenters. The van der Waals surface area contributed by atoms with Crippen LogP contribution in [0.2, 0.25) is 0 Å². The number of allylic oxidation sites excluding steroid dienone is 1. The highest BCUT2D eigenvalue weighted by Gasteiger charge is 2.20. The van der Waals surface area contributed by atoms with Crippen molar-refractivity contribution in [2.24, 2.45) is 0 Å². The molecule has 0 spiro atoms. The van der Waals surface area contributed by atoms with Crippen LogP contribution in [0.4, 0.5) is 0 Å². The van der Waals surface area contributed by atoms with Crippen LogP contribution < -0.4 is 0 Å². The van der Waals surface area contributed by atoms with E-state index in [0.29, 0.717) is 5.76 Å². The molecule has 0 radical (unpaired) electrons. The van der Waals surface area contributed by atoms with E-state index in [1.54, 1.807) is 6.08 Å². The molecule has 0 fully saturated rings. The van der Waals surface area contributed by atoms with Crippen LogP contribution in [0.5, 0.6) is 0 Å². The third-order valence-corrected chi connectivity index (χ3v) is 1.55. The van der Waals surface area contributed by atoms with Gasteiger partial charge < -0.3 is 19.3 Å². The maximum Gasteiger partial charge on any atom is 0.326 e. The second kappa shape index (κ2) is 3.49. The number of aliphatic hydroxyl groups excluding tert-OH is 1. The van der Waals surface area contributed by atoms with Gasteiger partial charge >= 0.3 is 5.95 Å². The molecular weight excluding hydrogens is 160 g/mol. The molecule has 4 nitrogen and oxygen atoms in total. The van der Waals surface area contributed by atoms with Gasteiger partial charge in [-0.1, -0.05) is 0 Å². The SMILES string of the molecule is COC1=C(OC)C(C)=CC(O)O1. The molecule has 0 aromatic heterocycles. The van der Waals surface area contributed by atoms with Gasteiger partial charge in [-0.15, -0.1) is 0 Å². The lowest BCUT2D eigenvalue weighted by Gasteiger charge is -2.20. The van der Waals surface area contributed by atoms with Crippen molar-refractivity contribution in [1.29, 1.82) is 0 Å². The normalized spacial score (nSPS) is 23.0. The molecule has 0 saturated carbocycles. The van der Waals surface area contributed by atoms with Gasteiger partial charge in [-0.05, 0) is 13.0 Å². The highest BCUT2D eigenvalue weighted by Crippen LogP contribution is 2.23. The van der Waals surface area contributed by atoms with Gasteiger partial charge in [0.1, 0.15) is 0 Å². The summed E-state index contributed by atoms with van der Waals surface area (Å²) < 4.78 is 14.8. The van der Waals surface area contributed by atoms with Crippen LogP contribution in [0.25, 0.3) is 0 Å². The van der Waals surface area contributed by atoms with Crippen molar-refractivity contribution in [3.63, 3.8) is 0 Å². The Morgan fingerprint density at radius 2 is 2.08 bits per heavy atom. The molecule has 0 saturated heterocycles. The zero-order valence-electron chi connectivity index (χ0n) is 7.33. The highest BCUT2D eigenvalue weighted by atomic mass is 16.7. The highest BCUT2D eigenvalue weighted by molar-refractivity contribution is 5.27. The summed E-state index contributed by atoms with van der Waals surface area (Å²) in [7, 11) is 2.98. The Bertz CT molecular complexity index is 229. The molecule has 0 aliphatic carbocycles. The molecule has 1 N–H and O–H groups in total. The van der Waals surface area contributed by atoms with E-state index in [1.165, 1.54) is 14.2 Å². The Labute approximate surface area is 71.0 Å². The third-order valence-electron chi connectivity index (χ3n) is 1.55. The van der Waals surface area contributed by atoms with Crippen molar-refractivity contribution >= 4 is 0 Å². The Morgan fingerprint density at radius 3 is 2.58 bits per heavy atom. The van der Waals surface area contributed by atoms with Gasteiger partial charge in [-0.25, -0.2) is 0 Å². The predicted octanol–water partition coefficient (Wildman–Crippen LogP) is 0.743. The maximum absolute atomic E-state index is 9.13. The van der Waals surface area contributed by atoms with E-state index < -0.39 is 6.29 Å². The molecule has 1 unspecified atom stereocenters. The first-order chi connectivity index (χ1) is 5.69. The first kappa shape index (κ1) is 8.93. The first-order valence-corrected chi connectivity index (χ1v) is 3.54. The van der Waals surface area contributed by atoms with Gasteiger partial charge in [0.15, 0.2) is 0 Å². The molecule has 68 valence electrons. The van der Waals surface area contributed by atoms with Gasteiger partial charge in [-0.3, -0.25) is 0 Å². The second-order valence-corrected chi connectivity index (χ2v) is 2.38. The van der Waals surface area contributed by atoms with E-state index >= 15 is 0 Å². The summed E-state index contributed by atoms with van der Waals surface area (Å²) in [4.78, 5) is 0. The summed E-state index contributed by atoms with van der Waals surface area (Å²) in [6.45, 7) is 1.81. The monoisotopic (exact) mass is 172 g/mol. The average Bonchev–Trinajstić information content (AvgIpc) is 2.03. The fraction of sp³-hybridized carbons (Fsp3) is 0.500. The second-order valence-electron chi connectivity index (χ2n) is 2.38. The van der Waals surface area contributed by atoms with Crippen molar-refractivity contribution in [3.05, 3.63) is 23.4 Å². The van der Waals surface area contributed by atoms with Gasteiger partial charge in [0.05, 0.1) is 14.2 Å². The van der Waals surface area contributed by atoms with Gasteiger partial charge in [0.25, 0.3) is 0 Å². The Balaban J connectivity index is 2.93. The first-order valence-electron chi connectivity index (χ1n) is 3.54. The van der Waals surface area contributed by atoms with Gasteiger partial charge in [0, 0.05) is 5.57 Å². The fourth-order valence-corrected chi connectivity index (χ4v) is 1.03. The average molecular weight is 172 g/mol. The summed E-state index contributed by atoms with van der Waals surface area (Å²) in [5.41, 5.74) is 0.799. The summed E-state index contributed by atoms with van der Waals surface area (Å²) in [6.07, 6.45) is 0.597. The molecule has 0 bridgehead atoms. The standard InChI is InChI=1S/C8H12O4/c1-5-4-6(9)12-8(11-3)7(5)10-2/h4,6,9H,1-3H3. The van der Waals surface area contributed by atoms with E-state index in [4.69, 9.17) is 19.3 Å². The molecule has 0 aromatic rings. The van der Waals surface area contributed by atoms with Crippen molar-refractivity contribution in [2.75, 3.05) is 14.2 Å². The lowest BCUT2D eigenvalue weighted by Crippen LogP contribution is -2.17. The number of rotatable bonds is 2. The smallest absolute Gasteiger partial charge is 0.326 e. The number of hydrogen-bond acceptors (Lipinski definition) is 4. The summed E-state index contributed by atoms with van der Waals surface area (Å²) in [5.74, 6) is 0.729.